The minimum atomic E-state index is 0.211. The van der Waals surface area contributed by atoms with Crippen molar-refractivity contribution in [3.05, 3.63) is 12.4 Å². The van der Waals surface area contributed by atoms with Crippen molar-refractivity contribution < 1.29 is 5.11 Å². The molecule has 1 spiro atoms. The zero-order chi connectivity index (χ0) is 17.1. The topological polar surface area (TPSA) is 52.5 Å². The Morgan fingerprint density at radius 2 is 1.68 bits per heavy atom. The zero-order valence-corrected chi connectivity index (χ0v) is 15.4. The molecule has 138 valence electrons. The summed E-state index contributed by atoms with van der Waals surface area (Å²) in [6.07, 6.45) is 14.9. The number of piperidine rings is 2. The molecule has 4 rings (SSSR count). The van der Waals surface area contributed by atoms with Crippen LogP contribution in [-0.2, 0) is 0 Å². The standard InChI is InChI=1S/C20H32N4O/c25-15-17-6-2-5-11-24(17)19-14-18(21-16-22-19)23-12-9-20(10-13-23)7-3-1-4-8-20/h14,16-17,25H,1-13,15H2. The maximum absolute atomic E-state index is 9.69. The molecular formula is C20H32N4O. The normalized spacial score (nSPS) is 26.8. The van der Waals surface area contributed by atoms with Gasteiger partial charge in [-0.05, 0) is 50.4 Å². The second-order valence-corrected chi connectivity index (χ2v) is 8.31. The first-order chi connectivity index (χ1) is 12.3. The maximum Gasteiger partial charge on any atom is 0.134 e. The molecule has 1 N–H and O–H groups in total. The lowest BCUT2D eigenvalue weighted by Gasteiger charge is -2.44. The summed E-state index contributed by atoms with van der Waals surface area (Å²) in [5.41, 5.74) is 0.624. The Kier molecular flexibility index (Phi) is 5.11. The summed E-state index contributed by atoms with van der Waals surface area (Å²) in [6.45, 7) is 3.45. The van der Waals surface area contributed by atoms with Crippen molar-refractivity contribution in [2.75, 3.05) is 36.0 Å². The van der Waals surface area contributed by atoms with Gasteiger partial charge in [-0.25, -0.2) is 9.97 Å². The highest BCUT2D eigenvalue weighted by molar-refractivity contribution is 5.51. The fourth-order valence-corrected chi connectivity index (χ4v) is 5.17. The summed E-state index contributed by atoms with van der Waals surface area (Å²) >= 11 is 0. The van der Waals surface area contributed by atoms with Crippen molar-refractivity contribution in [3.63, 3.8) is 0 Å². The fourth-order valence-electron chi connectivity index (χ4n) is 5.17. The van der Waals surface area contributed by atoms with Gasteiger partial charge in [0.05, 0.1) is 12.6 Å². The molecule has 0 radical (unpaired) electrons. The van der Waals surface area contributed by atoms with E-state index in [1.165, 1.54) is 57.8 Å². The molecule has 3 aliphatic rings. The highest BCUT2D eigenvalue weighted by Gasteiger charge is 2.36. The minimum absolute atomic E-state index is 0.211. The summed E-state index contributed by atoms with van der Waals surface area (Å²) in [4.78, 5) is 13.8. The molecule has 1 unspecified atom stereocenters. The molecule has 0 aromatic carbocycles. The summed E-state index contributed by atoms with van der Waals surface area (Å²) in [7, 11) is 0. The molecule has 0 amide bonds. The van der Waals surface area contributed by atoms with E-state index in [9.17, 15) is 5.11 Å². The molecule has 5 nitrogen and oxygen atoms in total. The quantitative estimate of drug-likeness (QED) is 0.911. The van der Waals surface area contributed by atoms with Crippen LogP contribution in [0.2, 0.25) is 0 Å². The third-order valence-electron chi connectivity index (χ3n) is 6.83. The largest absolute Gasteiger partial charge is 0.394 e. The molecule has 1 atom stereocenters. The van der Waals surface area contributed by atoms with Crippen LogP contribution in [0.5, 0.6) is 0 Å². The summed E-state index contributed by atoms with van der Waals surface area (Å²) in [5, 5.41) is 9.69. The van der Waals surface area contributed by atoms with Crippen LogP contribution in [0.4, 0.5) is 11.6 Å². The molecule has 3 fully saturated rings. The Bertz CT molecular complexity index is 563. The lowest BCUT2D eigenvalue weighted by molar-refractivity contribution is 0.144. The highest BCUT2D eigenvalue weighted by Crippen LogP contribution is 2.45. The SMILES string of the molecule is OCC1CCCCN1c1cc(N2CCC3(CCCCC3)CC2)ncn1. The smallest absolute Gasteiger partial charge is 0.134 e. The molecule has 2 aliphatic heterocycles. The second-order valence-electron chi connectivity index (χ2n) is 8.31. The van der Waals surface area contributed by atoms with E-state index in [0.717, 1.165) is 37.7 Å². The zero-order valence-electron chi connectivity index (χ0n) is 15.4. The molecule has 3 heterocycles. The monoisotopic (exact) mass is 344 g/mol. The van der Waals surface area contributed by atoms with Gasteiger partial charge in [0.1, 0.15) is 18.0 Å². The second kappa shape index (κ2) is 7.48. The molecule has 2 saturated heterocycles. The number of anilines is 2. The van der Waals surface area contributed by atoms with E-state index in [1.807, 2.05) is 0 Å². The van der Waals surface area contributed by atoms with E-state index in [1.54, 1.807) is 6.33 Å². The van der Waals surface area contributed by atoms with E-state index in [2.05, 4.69) is 25.8 Å². The molecule has 1 saturated carbocycles. The van der Waals surface area contributed by atoms with Crippen LogP contribution in [0.1, 0.15) is 64.2 Å². The average Bonchev–Trinajstić information content (AvgIpc) is 2.69. The van der Waals surface area contributed by atoms with Crippen LogP contribution in [0.25, 0.3) is 0 Å². The van der Waals surface area contributed by atoms with E-state index >= 15 is 0 Å². The number of aliphatic hydroxyl groups is 1. The third-order valence-corrected chi connectivity index (χ3v) is 6.83. The number of rotatable bonds is 3. The first-order valence-electron chi connectivity index (χ1n) is 10.2. The highest BCUT2D eigenvalue weighted by atomic mass is 16.3. The molecule has 1 aromatic rings. The Morgan fingerprint density at radius 1 is 0.920 bits per heavy atom. The molecule has 1 aromatic heterocycles. The first-order valence-corrected chi connectivity index (χ1v) is 10.2. The van der Waals surface area contributed by atoms with Gasteiger partial charge >= 0.3 is 0 Å². The lowest BCUT2D eigenvalue weighted by atomic mass is 9.68. The van der Waals surface area contributed by atoms with Crippen molar-refractivity contribution in [2.24, 2.45) is 5.41 Å². The van der Waals surface area contributed by atoms with E-state index < -0.39 is 0 Å². The molecule has 1 aliphatic carbocycles. The first kappa shape index (κ1) is 17.1. The fraction of sp³-hybridized carbons (Fsp3) is 0.800. The number of aliphatic hydroxyl groups excluding tert-OH is 1. The Hall–Kier alpha value is -1.36. The van der Waals surface area contributed by atoms with Gasteiger partial charge in [-0.3, -0.25) is 0 Å². The van der Waals surface area contributed by atoms with Gasteiger partial charge in [-0.2, -0.15) is 0 Å². The predicted octanol–water partition coefficient (Wildman–Crippen LogP) is 3.38. The van der Waals surface area contributed by atoms with E-state index in [-0.39, 0.29) is 12.6 Å². The van der Waals surface area contributed by atoms with Crippen molar-refractivity contribution in [1.29, 1.82) is 0 Å². The van der Waals surface area contributed by atoms with Crippen molar-refractivity contribution in [2.45, 2.75) is 70.3 Å². The van der Waals surface area contributed by atoms with Crippen LogP contribution < -0.4 is 9.80 Å². The summed E-state index contributed by atoms with van der Waals surface area (Å²) < 4.78 is 0. The van der Waals surface area contributed by atoms with Crippen LogP contribution >= 0.6 is 0 Å². The summed E-state index contributed by atoms with van der Waals surface area (Å²) in [6, 6.07) is 2.36. The van der Waals surface area contributed by atoms with Crippen LogP contribution in [0.3, 0.4) is 0 Å². The molecule has 25 heavy (non-hydrogen) atoms. The summed E-state index contributed by atoms with van der Waals surface area (Å²) in [5.74, 6) is 2.06. The number of hydrogen-bond acceptors (Lipinski definition) is 5. The Labute approximate surface area is 151 Å². The van der Waals surface area contributed by atoms with Crippen molar-refractivity contribution >= 4 is 11.6 Å². The Balaban J connectivity index is 1.45. The van der Waals surface area contributed by atoms with Gasteiger partial charge < -0.3 is 14.9 Å². The van der Waals surface area contributed by atoms with E-state index in [0.29, 0.717) is 5.41 Å². The van der Waals surface area contributed by atoms with E-state index in [4.69, 9.17) is 0 Å². The van der Waals surface area contributed by atoms with Gasteiger partial charge in [0.25, 0.3) is 0 Å². The van der Waals surface area contributed by atoms with Crippen LogP contribution in [0.15, 0.2) is 12.4 Å². The minimum Gasteiger partial charge on any atom is -0.394 e. The van der Waals surface area contributed by atoms with Gasteiger partial charge in [0, 0.05) is 25.7 Å². The van der Waals surface area contributed by atoms with Crippen molar-refractivity contribution in [3.8, 4) is 0 Å². The molecular weight excluding hydrogens is 312 g/mol. The maximum atomic E-state index is 9.69. The average molecular weight is 345 g/mol. The van der Waals surface area contributed by atoms with Crippen molar-refractivity contribution in [1.82, 2.24) is 9.97 Å². The number of aromatic nitrogens is 2. The molecule has 5 heteroatoms. The van der Waals surface area contributed by atoms with Gasteiger partial charge in [-0.1, -0.05) is 19.3 Å². The Morgan fingerprint density at radius 3 is 2.44 bits per heavy atom. The molecule has 0 bridgehead atoms. The van der Waals surface area contributed by atoms with Gasteiger partial charge in [0.2, 0.25) is 0 Å². The predicted molar refractivity (Wildman–Crippen MR) is 101 cm³/mol. The lowest BCUT2D eigenvalue weighted by Crippen LogP contribution is -2.43. The van der Waals surface area contributed by atoms with Crippen LogP contribution in [0, 0.1) is 5.41 Å². The van der Waals surface area contributed by atoms with Gasteiger partial charge in [-0.15, -0.1) is 0 Å². The van der Waals surface area contributed by atoms with Crippen LogP contribution in [-0.4, -0.2) is 47.4 Å². The number of hydrogen-bond donors (Lipinski definition) is 1. The third kappa shape index (κ3) is 3.62. The number of nitrogens with zero attached hydrogens (tertiary/aromatic N) is 4. The van der Waals surface area contributed by atoms with Gasteiger partial charge in [0.15, 0.2) is 0 Å².